The van der Waals surface area contributed by atoms with Crippen molar-refractivity contribution in [3.8, 4) is 0 Å². The molecule has 0 bridgehead atoms. The highest BCUT2D eigenvalue weighted by Gasteiger charge is 2.04. The van der Waals surface area contributed by atoms with Gasteiger partial charge >= 0.3 is 5.69 Å². The van der Waals surface area contributed by atoms with Crippen LogP contribution in [-0.2, 0) is 6.42 Å². The van der Waals surface area contributed by atoms with Crippen LogP contribution in [0.3, 0.4) is 0 Å². The number of H-pyrrole nitrogens is 1. The van der Waals surface area contributed by atoms with Crippen molar-refractivity contribution >= 4 is 16.3 Å². The van der Waals surface area contributed by atoms with Crippen LogP contribution >= 0.6 is 11.3 Å². The van der Waals surface area contributed by atoms with Gasteiger partial charge in [0.05, 0.1) is 0 Å². The van der Waals surface area contributed by atoms with Crippen LogP contribution in [0.15, 0.2) is 10.2 Å². The zero-order chi connectivity index (χ0) is 7.84. The monoisotopic (exact) mass is 169 g/mol. The number of aromatic amines is 1. The van der Waals surface area contributed by atoms with Gasteiger partial charge in [0.2, 0.25) is 4.96 Å². The van der Waals surface area contributed by atoms with Gasteiger partial charge in [-0.1, -0.05) is 6.92 Å². The largest absolute Gasteiger partial charge is 0.348 e. The lowest BCUT2D eigenvalue weighted by atomic mass is 10.4. The third kappa shape index (κ3) is 0.808. The van der Waals surface area contributed by atoms with E-state index in [9.17, 15) is 4.79 Å². The van der Waals surface area contributed by atoms with Gasteiger partial charge in [-0.3, -0.25) is 0 Å². The molecule has 0 aromatic carbocycles. The van der Waals surface area contributed by atoms with Crippen molar-refractivity contribution in [3.05, 3.63) is 21.6 Å². The highest BCUT2D eigenvalue weighted by atomic mass is 32.1. The fourth-order valence-corrected chi connectivity index (χ4v) is 1.95. The molecule has 5 heteroatoms. The Morgan fingerprint density at radius 1 is 1.82 bits per heavy atom. The first kappa shape index (κ1) is 6.60. The maximum absolute atomic E-state index is 11.1. The third-order valence-electron chi connectivity index (χ3n) is 1.59. The van der Waals surface area contributed by atoms with Gasteiger partial charge in [-0.15, -0.1) is 16.4 Å². The van der Waals surface area contributed by atoms with E-state index in [2.05, 4.69) is 10.2 Å². The predicted octanol–water partition coefficient (Wildman–Crippen LogP) is 0.646. The summed E-state index contributed by atoms with van der Waals surface area (Å²) < 4.78 is 1.60. The zero-order valence-electron chi connectivity index (χ0n) is 6.00. The molecule has 2 aromatic heterocycles. The number of hydrogen-bond donors (Lipinski definition) is 1. The normalized spacial score (nSPS) is 11.0. The minimum absolute atomic E-state index is 0.141. The maximum Gasteiger partial charge on any atom is 0.348 e. The number of nitrogens with zero attached hydrogens (tertiary/aromatic N) is 2. The van der Waals surface area contributed by atoms with Gasteiger partial charge in [0.15, 0.2) is 0 Å². The number of fused-ring (bicyclic) bond motifs is 1. The van der Waals surface area contributed by atoms with Crippen molar-refractivity contribution in [2.45, 2.75) is 13.3 Å². The lowest BCUT2D eigenvalue weighted by Crippen LogP contribution is -2.10. The average molecular weight is 169 g/mol. The molecule has 0 aliphatic heterocycles. The van der Waals surface area contributed by atoms with Crippen molar-refractivity contribution in [2.75, 3.05) is 0 Å². The second kappa shape index (κ2) is 2.20. The van der Waals surface area contributed by atoms with Crippen LogP contribution in [0, 0.1) is 0 Å². The van der Waals surface area contributed by atoms with Gasteiger partial charge in [-0.05, 0) is 6.42 Å². The third-order valence-corrected chi connectivity index (χ3v) is 2.47. The van der Waals surface area contributed by atoms with Crippen molar-refractivity contribution in [3.63, 3.8) is 0 Å². The molecule has 2 aromatic rings. The van der Waals surface area contributed by atoms with Crippen LogP contribution in [0.2, 0.25) is 0 Å². The molecule has 0 amide bonds. The maximum atomic E-state index is 11.1. The molecule has 2 rings (SSSR count). The number of thiazole rings is 1. The minimum atomic E-state index is -0.141. The Morgan fingerprint density at radius 3 is 3.36 bits per heavy atom. The van der Waals surface area contributed by atoms with Crippen LogP contribution in [0.1, 0.15) is 12.6 Å². The SMILES string of the molecule is CCc1csc2n[nH]c(=O)n12. The summed E-state index contributed by atoms with van der Waals surface area (Å²) in [6, 6.07) is 0. The zero-order valence-corrected chi connectivity index (χ0v) is 6.81. The van der Waals surface area contributed by atoms with Gasteiger partial charge in [0.25, 0.3) is 0 Å². The van der Waals surface area contributed by atoms with E-state index in [1.165, 1.54) is 11.3 Å². The number of aryl methyl sites for hydroxylation is 1. The molecule has 0 atom stereocenters. The van der Waals surface area contributed by atoms with Crippen molar-refractivity contribution in [2.24, 2.45) is 0 Å². The van der Waals surface area contributed by atoms with Crippen LogP contribution < -0.4 is 5.69 Å². The Bertz CT molecular complexity index is 424. The van der Waals surface area contributed by atoms with E-state index in [0.29, 0.717) is 0 Å². The number of hydrogen-bond acceptors (Lipinski definition) is 3. The van der Waals surface area contributed by atoms with E-state index in [4.69, 9.17) is 0 Å². The summed E-state index contributed by atoms with van der Waals surface area (Å²) in [6.07, 6.45) is 0.861. The smallest absolute Gasteiger partial charge is 0.246 e. The van der Waals surface area contributed by atoms with Crippen molar-refractivity contribution in [1.82, 2.24) is 14.6 Å². The summed E-state index contributed by atoms with van der Waals surface area (Å²) in [4.78, 5) is 11.8. The van der Waals surface area contributed by atoms with Gasteiger partial charge in [0, 0.05) is 11.1 Å². The fraction of sp³-hybridized carbons (Fsp3) is 0.333. The molecule has 0 aliphatic carbocycles. The molecule has 4 nitrogen and oxygen atoms in total. The van der Waals surface area contributed by atoms with Gasteiger partial charge < -0.3 is 0 Å². The summed E-state index contributed by atoms with van der Waals surface area (Å²) >= 11 is 1.48. The highest BCUT2D eigenvalue weighted by Crippen LogP contribution is 2.10. The molecular formula is C6H7N3OS. The minimum Gasteiger partial charge on any atom is -0.246 e. The molecule has 0 aliphatic rings. The Morgan fingerprint density at radius 2 is 2.64 bits per heavy atom. The topological polar surface area (TPSA) is 50.2 Å². The summed E-state index contributed by atoms with van der Waals surface area (Å²) in [5.74, 6) is 0. The standard InChI is InChI=1S/C6H7N3OS/c1-2-4-3-11-6-8-7-5(10)9(4)6/h3H,2H2,1H3,(H,7,10). The summed E-state index contributed by atoms with van der Waals surface area (Å²) in [7, 11) is 0. The molecule has 0 radical (unpaired) electrons. The van der Waals surface area contributed by atoms with Gasteiger partial charge in [-0.25, -0.2) is 14.3 Å². The Labute approximate surface area is 66.5 Å². The second-order valence-corrected chi connectivity index (χ2v) is 3.06. The van der Waals surface area contributed by atoms with E-state index in [-0.39, 0.29) is 5.69 Å². The Kier molecular flexibility index (Phi) is 1.32. The van der Waals surface area contributed by atoms with Crippen LogP contribution in [0.5, 0.6) is 0 Å². The van der Waals surface area contributed by atoms with E-state index >= 15 is 0 Å². The fourth-order valence-electron chi connectivity index (χ4n) is 1.03. The average Bonchev–Trinajstić information content (AvgIpc) is 2.54. The number of aromatic nitrogens is 3. The van der Waals surface area contributed by atoms with E-state index in [1.54, 1.807) is 4.40 Å². The molecule has 2 heterocycles. The summed E-state index contributed by atoms with van der Waals surface area (Å²) in [6.45, 7) is 2.01. The molecule has 0 saturated heterocycles. The Balaban J connectivity index is 2.91. The van der Waals surface area contributed by atoms with E-state index in [1.807, 2.05) is 12.3 Å². The van der Waals surface area contributed by atoms with Crippen molar-refractivity contribution in [1.29, 1.82) is 0 Å². The van der Waals surface area contributed by atoms with E-state index < -0.39 is 0 Å². The lowest BCUT2D eigenvalue weighted by Gasteiger charge is -1.87. The van der Waals surface area contributed by atoms with Crippen LogP contribution in [0.4, 0.5) is 0 Å². The first-order valence-corrected chi connectivity index (χ1v) is 4.24. The summed E-state index contributed by atoms with van der Waals surface area (Å²) in [5.41, 5.74) is 0.877. The van der Waals surface area contributed by atoms with Crippen LogP contribution in [0.25, 0.3) is 4.96 Å². The summed E-state index contributed by atoms with van der Waals surface area (Å²) in [5, 5.41) is 8.19. The first-order chi connectivity index (χ1) is 5.33. The molecular weight excluding hydrogens is 162 g/mol. The van der Waals surface area contributed by atoms with Crippen LogP contribution in [-0.4, -0.2) is 14.6 Å². The van der Waals surface area contributed by atoms with Gasteiger partial charge in [0.1, 0.15) is 0 Å². The predicted molar refractivity (Wildman–Crippen MR) is 43.1 cm³/mol. The molecule has 0 spiro atoms. The number of rotatable bonds is 1. The molecule has 1 N–H and O–H groups in total. The highest BCUT2D eigenvalue weighted by molar-refractivity contribution is 7.15. The number of nitrogens with one attached hydrogen (secondary N) is 1. The van der Waals surface area contributed by atoms with E-state index in [0.717, 1.165) is 17.1 Å². The molecule has 58 valence electrons. The molecule has 0 unspecified atom stereocenters. The molecule has 0 saturated carbocycles. The second-order valence-electron chi connectivity index (χ2n) is 2.23. The quantitative estimate of drug-likeness (QED) is 0.681. The molecule has 0 fully saturated rings. The first-order valence-electron chi connectivity index (χ1n) is 3.36. The van der Waals surface area contributed by atoms with Gasteiger partial charge in [-0.2, -0.15) is 0 Å². The lowest BCUT2D eigenvalue weighted by molar-refractivity contribution is 0.944. The Hall–Kier alpha value is -1.10. The molecule has 11 heavy (non-hydrogen) atoms. The van der Waals surface area contributed by atoms with Crippen molar-refractivity contribution < 1.29 is 0 Å².